The second-order valence-electron chi connectivity index (χ2n) is 4.73. The average Bonchev–Trinajstić information content (AvgIpc) is 3.04. The smallest absolute Gasteiger partial charge is 0.0462 e. The summed E-state index contributed by atoms with van der Waals surface area (Å²) in [5, 5.41) is 0.851. The minimum absolute atomic E-state index is 0.666. The van der Waals surface area contributed by atoms with Crippen molar-refractivity contribution in [3.63, 3.8) is 0 Å². The number of halogens is 2. The summed E-state index contributed by atoms with van der Waals surface area (Å²) in [6.45, 7) is 3.24. The van der Waals surface area contributed by atoms with Gasteiger partial charge in [-0.25, -0.2) is 0 Å². The van der Waals surface area contributed by atoms with Gasteiger partial charge in [0.2, 0.25) is 0 Å². The molecule has 0 aromatic heterocycles. The van der Waals surface area contributed by atoms with Crippen LogP contribution in [0, 0.1) is 5.92 Å². The molecule has 3 heteroatoms. The van der Waals surface area contributed by atoms with Crippen LogP contribution in [0.1, 0.15) is 25.3 Å². The molecule has 2 rings (SSSR count). The number of hydrogen-bond acceptors (Lipinski definition) is 1. The third kappa shape index (κ3) is 2.99. The van der Waals surface area contributed by atoms with Gasteiger partial charge < -0.3 is 0 Å². The van der Waals surface area contributed by atoms with Gasteiger partial charge in [0, 0.05) is 22.1 Å². The van der Waals surface area contributed by atoms with Crippen molar-refractivity contribution < 1.29 is 0 Å². The number of hydrogen-bond donors (Lipinski definition) is 0. The Labute approximate surface area is 111 Å². The molecule has 1 atom stereocenters. The molecule has 0 amide bonds. The molecule has 1 unspecified atom stereocenters. The SMILES string of the molecule is CC(C1CC1)N(C)Cc1ccc(Br)cc1Cl. The molecule has 0 N–H and O–H groups in total. The Balaban J connectivity index is 2.02. The fraction of sp³-hybridized carbons (Fsp3) is 0.538. The summed E-state index contributed by atoms with van der Waals surface area (Å²) in [6, 6.07) is 6.78. The summed E-state index contributed by atoms with van der Waals surface area (Å²) >= 11 is 9.64. The first kappa shape index (κ1) is 12.4. The van der Waals surface area contributed by atoms with E-state index in [2.05, 4.69) is 46.9 Å². The van der Waals surface area contributed by atoms with E-state index in [4.69, 9.17) is 11.6 Å². The fourth-order valence-corrected chi connectivity index (χ4v) is 2.73. The molecule has 1 aromatic rings. The van der Waals surface area contributed by atoms with Crippen molar-refractivity contribution in [1.29, 1.82) is 0 Å². The van der Waals surface area contributed by atoms with Gasteiger partial charge in [0.05, 0.1) is 0 Å². The van der Waals surface area contributed by atoms with Crippen LogP contribution in [0.2, 0.25) is 5.02 Å². The second kappa shape index (κ2) is 5.07. The molecule has 0 heterocycles. The largest absolute Gasteiger partial charge is 0.299 e. The molecule has 1 aromatic carbocycles. The molecule has 88 valence electrons. The van der Waals surface area contributed by atoms with Gasteiger partial charge in [-0.05, 0) is 50.4 Å². The summed E-state index contributed by atoms with van der Waals surface area (Å²) < 4.78 is 1.04. The summed E-state index contributed by atoms with van der Waals surface area (Å²) in [4.78, 5) is 2.40. The maximum atomic E-state index is 6.22. The quantitative estimate of drug-likeness (QED) is 0.800. The van der Waals surface area contributed by atoms with Crippen molar-refractivity contribution >= 4 is 27.5 Å². The van der Waals surface area contributed by atoms with E-state index in [1.807, 2.05) is 6.07 Å². The predicted molar refractivity (Wildman–Crippen MR) is 72.8 cm³/mol. The lowest BCUT2D eigenvalue weighted by molar-refractivity contribution is 0.226. The zero-order chi connectivity index (χ0) is 11.7. The number of nitrogens with zero attached hydrogens (tertiary/aromatic N) is 1. The lowest BCUT2D eigenvalue weighted by Crippen LogP contribution is -2.30. The van der Waals surface area contributed by atoms with Gasteiger partial charge >= 0.3 is 0 Å². The first-order valence-corrected chi connectivity index (χ1v) is 6.89. The Morgan fingerprint density at radius 1 is 1.50 bits per heavy atom. The highest BCUT2D eigenvalue weighted by molar-refractivity contribution is 9.10. The molecule has 1 aliphatic carbocycles. The van der Waals surface area contributed by atoms with E-state index in [-0.39, 0.29) is 0 Å². The van der Waals surface area contributed by atoms with E-state index in [1.165, 1.54) is 18.4 Å². The second-order valence-corrected chi connectivity index (χ2v) is 6.05. The highest BCUT2D eigenvalue weighted by atomic mass is 79.9. The average molecular weight is 303 g/mol. The van der Waals surface area contributed by atoms with Crippen LogP contribution >= 0.6 is 27.5 Å². The first-order valence-electron chi connectivity index (χ1n) is 5.72. The van der Waals surface area contributed by atoms with Crippen LogP contribution in [-0.4, -0.2) is 18.0 Å². The van der Waals surface area contributed by atoms with Gasteiger partial charge in [-0.3, -0.25) is 4.90 Å². The lowest BCUT2D eigenvalue weighted by Gasteiger charge is -2.25. The molecule has 1 saturated carbocycles. The van der Waals surface area contributed by atoms with E-state index in [9.17, 15) is 0 Å². The van der Waals surface area contributed by atoms with Crippen LogP contribution in [0.5, 0.6) is 0 Å². The zero-order valence-electron chi connectivity index (χ0n) is 9.71. The van der Waals surface area contributed by atoms with E-state index >= 15 is 0 Å². The highest BCUT2D eigenvalue weighted by Crippen LogP contribution is 2.35. The maximum Gasteiger partial charge on any atom is 0.0462 e. The molecule has 0 saturated heterocycles. The van der Waals surface area contributed by atoms with Crippen molar-refractivity contribution in [3.05, 3.63) is 33.3 Å². The minimum Gasteiger partial charge on any atom is -0.299 e. The Morgan fingerprint density at radius 3 is 2.75 bits per heavy atom. The van der Waals surface area contributed by atoms with Gasteiger partial charge in [0.25, 0.3) is 0 Å². The molecule has 1 fully saturated rings. The van der Waals surface area contributed by atoms with Gasteiger partial charge in [0.1, 0.15) is 0 Å². The van der Waals surface area contributed by atoms with Crippen molar-refractivity contribution in [3.8, 4) is 0 Å². The third-order valence-corrected chi connectivity index (χ3v) is 4.28. The monoisotopic (exact) mass is 301 g/mol. The molecule has 0 radical (unpaired) electrons. The Bertz CT molecular complexity index is 376. The summed E-state index contributed by atoms with van der Waals surface area (Å²) in [5.74, 6) is 0.902. The molecular weight excluding hydrogens is 286 g/mol. The van der Waals surface area contributed by atoms with Crippen LogP contribution in [0.15, 0.2) is 22.7 Å². The summed E-state index contributed by atoms with van der Waals surface area (Å²) in [7, 11) is 2.18. The van der Waals surface area contributed by atoms with E-state index in [1.54, 1.807) is 0 Å². The maximum absolute atomic E-state index is 6.22. The van der Waals surface area contributed by atoms with Gasteiger partial charge in [-0.1, -0.05) is 33.6 Å². The van der Waals surface area contributed by atoms with Crippen LogP contribution in [0.4, 0.5) is 0 Å². The third-order valence-electron chi connectivity index (χ3n) is 3.43. The molecule has 1 aliphatic rings. The first-order chi connectivity index (χ1) is 7.58. The van der Waals surface area contributed by atoms with E-state index in [0.717, 1.165) is 22.0 Å². The summed E-state index contributed by atoms with van der Waals surface area (Å²) in [5.41, 5.74) is 1.21. The Morgan fingerprint density at radius 2 is 2.19 bits per heavy atom. The van der Waals surface area contributed by atoms with Crippen LogP contribution in [0.25, 0.3) is 0 Å². The Kier molecular flexibility index (Phi) is 3.93. The van der Waals surface area contributed by atoms with Gasteiger partial charge in [-0.2, -0.15) is 0 Å². The predicted octanol–water partition coefficient (Wildman–Crippen LogP) is 4.33. The van der Waals surface area contributed by atoms with E-state index in [0.29, 0.717) is 6.04 Å². The number of benzene rings is 1. The lowest BCUT2D eigenvalue weighted by atomic mass is 10.1. The van der Waals surface area contributed by atoms with Crippen LogP contribution in [-0.2, 0) is 6.54 Å². The fourth-order valence-electron chi connectivity index (χ4n) is 2.00. The number of rotatable bonds is 4. The molecular formula is C13H17BrClN. The topological polar surface area (TPSA) is 3.24 Å². The normalized spacial score (nSPS) is 17.8. The molecule has 16 heavy (non-hydrogen) atoms. The molecule has 0 aliphatic heterocycles. The standard InChI is InChI=1S/C13H17BrClN/c1-9(10-3-4-10)16(2)8-11-5-6-12(14)7-13(11)15/h5-7,9-10H,3-4,8H2,1-2H3. The van der Waals surface area contributed by atoms with Crippen molar-refractivity contribution in [2.45, 2.75) is 32.4 Å². The van der Waals surface area contributed by atoms with Crippen molar-refractivity contribution in [2.75, 3.05) is 7.05 Å². The highest BCUT2D eigenvalue weighted by Gasteiger charge is 2.30. The van der Waals surface area contributed by atoms with Gasteiger partial charge in [0.15, 0.2) is 0 Å². The van der Waals surface area contributed by atoms with Gasteiger partial charge in [-0.15, -0.1) is 0 Å². The zero-order valence-corrected chi connectivity index (χ0v) is 12.1. The Hall–Kier alpha value is -0.0500. The van der Waals surface area contributed by atoms with Crippen LogP contribution < -0.4 is 0 Å². The molecule has 1 nitrogen and oxygen atoms in total. The van der Waals surface area contributed by atoms with Crippen molar-refractivity contribution in [1.82, 2.24) is 4.90 Å². The van der Waals surface area contributed by atoms with Crippen molar-refractivity contribution in [2.24, 2.45) is 5.92 Å². The van der Waals surface area contributed by atoms with E-state index < -0.39 is 0 Å². The molecule has 0 bridgehead atoms. The minimum atomic E-state index is 0.666. The van der Waals surface area contributed by atoms with Crippen LogP contribution in [0.3, 0.4) is 0 Å². The summed E-state index contributed by atoms with van der Waals surface area (Å²) in [6.07, 6.45) is 2.78. The molecule has 0 spiro atoms.